The Morgan fingerprint density at radius 3 is 1.49 bits per heavy atom. The highest BCUT2D eigenvalue weighted by atomic mass is 15.1. The maximum atomic E-state index is 2.51. The van der Waals surface area contributed by atoms with Gasteiger partial charge in [-0.25, -0.2) is 0 Å². The van der Waals surface area contributed by atoms with E-state index < -0.39 is 0 Å². The van der Waals surface area contributed by atoms with Crippen LogP contribution < -0.4 is 4.90 Å². The van der Waals surface area contributed by atoms with Crippen LogP contribution in [0.3, 0.4) is 0 Å². The van der Waals surface area contributed by atoms with E-state index in [4.69, 9.17) is 0 Å². The predicted molar refractivity (Wildman–Crippen MR) is 245 cm³/mol. The second-order valence-electron chi connectivity index (χ2n) is 14.9. The molecule has 0 unspecified atom stereocenters. The molecule has 0 radical (unpaired) electrons. The number of rotatable bonds is 6. The fourth-order valence-corrected chi connectivity index (χ4v) is 8.91. The van der Waals surface area contributed by atoms with Crippen LogP contribution in [0.1, 0.15) is 0 Å². The van der Waals surface area contributed by atoms with E-state index in [2.05, 4.69) is 229 Å². The predicted octanol–water partition coefficient (Wildman–Crippen LogP) is 15.9. The van der Waals surface area contributed by atoms with Gasteiger partial charge in [-0.2, -0.15) is 0 Å². The van der Waals surface area contributed by atoms with Crippen LogP contribution in [0.2, 0.25) is 0 Å². The van der Waals surface area contributed by atoms with Crippen LogP contribution in [0.4, 0.5) is 17.1 Å². The SMILES string of the molecule is c1ccc(-c2cccc(-c3c(N(c4ccc(-c5ccc6ccc7ccccc7c6c5)cc4)c4cccc5ccccc45)c4ccccc4c4ccccc34)c2)cc1. The Bertz CT molecular complexity index is 3280. The van der Waals surface area contributed by atoms with Gasteiger partial charge in [0, 0.05) is 22.0 Å². The van der Waals surface area contributed by atoms with Crippen LogP contribution in [-0.4, -0.2) is 0 Å². The molecule has 266 valence electrons. The smallest absolute Gasteiger partial charge is 0.0625 e. The Morgan fingerprint density at radius 1 is 0.246 bits per heavy atom. The van der Waals surface area contributed by atoms with E-state index >= 15 is 0 Å². The molecule has 0 fully saturated rings. The third-order valence-corrected chi connectivity index (χ3v) is 11.6. The molecule has 0 N–H and O–H groups in total. The fourth-order valence-electron chi connectivity index (χ4n) is 8.91. The second kappa shape index (κ2) is 13.7. The third-order valence-electron chi connectivity index (χ3n) is 11.6. The van der Waals surface area contributed by atoms with E-state index in [1.165, 1.54) is 87.2 Å². The van der Waals surface area contributed by atoms with Crippen molar-refractivity contribution in [2.45, 2.75) is 0 Å². The molecule has 1 nitrogen and oxygen atoms in total. The van der Waals surface area contributed by atoms with Crippen LogP contribution in [-0.2, 0) is 0 Å². The Kier molecular flexibility index (Phi) is 7.89. The van der Waals surface area contributed by atoms with E-state index in [9.17, 15) is 0 Å². The van der Waals surface area contributed by atoms with Crippen LogP contribution in [0, 0.1) is 0 Å². The van der Waals surface area contributed by atoms with Crippen molar-refractivity contribution in [3.63, 3.8) is 0 Å². The van der Waals surface area contributed by atoms with Crippen molar-refractivity contribution in [1.82, 2.24) is 0 Å². The quantitative estimate of drug-likeness (QED) is 0.154. The van der Waals surface area contributed by atoms with Crippen LogP contribution in [0.5, 0.6) is 0 Å². The third kappa shape index (κ3) is 5.63. The zero-order chi connectivity index (χ0) is 37.7. The van der Waals surface area contributed by atoms with E-state index in [1.807, 2.05) is 0 Å². The maximum absolute atomic E-state index is 2.51. The Labute approximate surface area is 332 Å². The lowest BCUT2D eigenvalue weighted by Crippen LogP contribution is -2.13. The summed E-state index contributed by atoms with van der Waals surface area (Å²) in [5, 5.41) is 12.4. The summed E-state index contributed by atoms with van der Waals surface area (Å²) >= 11 is 0. The lowest BCUT2D eigenvalue weighted by molar-refractivity contribution is 1.32. The van der Waals surface area contributed by atoms with Crippen molar-refractivity contribution in [1.29, 1.82) is 0 Å². The van der Waals surface area contributed by atoms with Crippen molar-refractivity contribution >= 4 is 70.9 Å². The summed E-state index contributed by atoms with van der Waals surface area (Å²) in [4.78, 5) is 2.51. The minimum Gasteiger partial charge on any atom is -0.309 e. The lowest BCUT2D eigenvalue weighted by atomic mass is 9.88. The Hall–Kier alpha value is -7.48. The van der Waals surface area contributed by atoms with Crippen LogP contribution in [0.15, 0.2) is 224 Å². The molecule has 57 heavy (non-hydrogen) atoms. The van der Waals surface area contributed by atoms with Gasteiger partial charge in [0.1, 0.15) is 0 Å². The molecule has 11 aromatic rings. The maximum Gasteiger partial charge on any atom is 0.0625 e. The van der Waals surface area contributed by atoms with Gasteiger partial charge in [0.05, 0.1) is 11.4 Å². The largest absolute Gasteiger partial charge is 0.309 e. The van der Waals surface area contributed by atoms with Gasteiger partial charge in [-0.15, -0.1) is 0 Å². The minimum atomic E-state index is 1.10. The molecule has 0 atom stereocenters. The first-order valence-electron chi connectivity index (χ1n) is 19.7. The average molecular weight is 724 g/mol. The van der Waals surface area contributed by atoms with E-state index in [1.54, 1.807) is 0 Å². The van der Waals surface area contributed by atoms with Gasteiger partial charge < -0.3 is 4.90 Å². The summed E-state index contributed by atoms with van der Waals surface area (Å²) in [6, 6.07) is 82.2. The van der Waals surface area contributed by atoms with E-state index in [0.717, 1.165) is 17.1 Å². The molecule has 11 aromatic carbocycles. The topological polar surface area (TPSA) is 3.24 Å². The number of hydrogen-bond acceptors (Lipinski definition) is 1. The first-order valence-corrected chi connectivity index (χ1v) is 19.7. The molecule has 0 bridgehead atoms. The molecule has 1 heteroatoms. The molecule has 0 aromatic heterocycles. The highest BCUT2D eigenvalue weighted by molar-refractivity contribution is 6.23. The van der Waals surface area contributed by atoms with Gasteiger partial charge >= 0.3 is 0 Å². The summed E-state index contributed by atoms with van der Waals surface area (Å²) < 4.78 is 0. The number of hydrogen-bond donors (Lipinski definition) is 0. The molecule has 0 aliphatic rings. The van der Waals surface area contributed by atoms with Gasteiger partial charge in [-0.3, -0.25) is 0 Å². The van der Waals surface area contributed by atoms with Crippen LogP contribution >= 0.6 is 0 Å². The summed E-state index contributed by atoms with van der Waals surface area (Å²) in [5.74, 6) is 0. The number of nitrogens with zero attached hydrogens (tertiary/aromatic N) is 1. The van der Waals surface area contributed by atoms with Crippen molar-refractivity contribution < 1.29 is 0 Å². The van der Waals surface area contributed by atoms with Crippen LogP contribution in [0.25, 0.3) is 87.2 Å². The standard InChI is InChI=1S/C56H37N/c1-2-14-38(15-3-1)43-19-12-20-45(36-43)55-51-25-10-8-23-49(51)50-24-9-11-26-52(50)56(55)57(54-27-13-18-40-16-5-7-22-48(40)54)46-34-32-39(33-35-46)44-31-30-42-29-28-41-17-4-6-21-47(41)53(42)37-44/h1-37H. The molecule has 0 heterocycles. The lowest BCUT2D eigenvalue weighted by Gasteiger charge is -2.31. The van der Waals surface area contributed by atoms with Crippen molar-refractivity contribution in [3.8, 4) is 33.4 Å². The molecule has 11 rings (SSSR count). The molecular weight excluding hydrogens is 687 g/mol. The highest BCUT2D eigenvalue weighted by Crippen LogP contribution is 2.51. The molecule has 0 aliphatic carbocycles. The molecule has 0 aliphatic heterocycles. The highest BCUT2D eigenvalue weighted by Gasteiger charge is 2.25. The number of anilines is 3. The van der Waals surface area contributed by atoms with E-state index in [0.29, 0.717) is 0 Å². The number of fused-ring (bicyclic) bond motifs is 7. The summed E-state index contributed by atoms with van der Waals surface area (Å²) in [6.07, 6.45) is 0. The molecule has 0 amide bonds. The summed E-state index contributed by atoms with van der Waals surface area (Å²) in [7, 11) is 0. The Balaban J connectivity index is 1.18. The average Bonchev–Trinajstić information content (AvgIpc) is 3.29. The van der Waals surface area contributed by atoms with Gasteiger partial charge in [0.25, 0.3) is 0 Å². The van der Waals surface area contributed by atoms with Gasteiger partial charge in [0.2, 0.25) is 0 Å². The fraction of sp³-hybridized carbons (Fsp3) is 0. The molecular formula is C56H37N. The summed E-state index contributed by atoms with van der Waals surface area (Å²) in [6.45, 7) is 0. The van der Waals surface area contributed by atoms with E-state index in [-0.39, 0.29) is 0 Å². The monoisotopic (exact) mass is 723 g/mol. The van der Waals surface area contributed by atoms with Crippen molar-refractivity contribution in [2.75, 3.05) is 4.90 Å². The molecule has 0 saturated carbocycles. The van der Waals surface area contributed by atoms with Gasteiger partial charge in [0.15, 0.2) is 0 Å². The zero-order valence-corrected chi connectivity index (χ0v) is 31.3. The Morgan fingerprint density at radius 2 is 0.719 bits per heavy atom. The molecule has 0 saturated heterocycles. The summed E-state index contributed by atoms with van der Waals surface area (Å²) in [5.41, 5.74) is 10.6. The van der Waals surface area contributed by atoms with Gasteiger partial charge in [-0.05, 0) is 101 Å². The van der Waals surface area contributed by atoms with Gasteiger partial charge in [-0.1, -0.05) is 194 Å². The second-order valence-corrected chi connectivity index (χ2v) is 14.9. The normalized spacial score (nSPS) is 11.5. The minimum absolute atomic E-state index is 1.10. The number of benzene rings is 11. The zero-order valence-electron chi connectivity index (χ0n) is 31.3. The van der Waals surface area contributed by atoms with Crippen molar-refractivity contribution in [3.05, 3.63) is 224 Å². The first kappa shape index (κ1) is 32.9. The molecule has 0 spiro atoms. The first-order chi connectivity index (χ1) is 28.3. The van der Waals surface area contributed by atoms with Crippen molar-refractivity contribution in [2.24, 2.45) is 0 Å².